The van der Waals surface area contributed by atoms with Crippen molar-refractivity contribution in [3.8, 4) is 0 Å². The highest BCUT2D eigenvalue weighted by Crippen LogP contribution is 2.41. The Morgan fingerprint density at radius 1 is 1.80 bits per heavy atom. The lowest BCUT2D eigenvalue weighted by atomic mass is 10.7. The van der Waals surface area contributed by atoms with Crippen LogP contribution in [-0.4, -0.2) is 12.6 Å². The lowest BCUT2D eigenvalue weighted by molar-refractivity contribution is -0.129. The summed E-state index contributed by atoms with van der Waals surface area (Å²) >= 11 is 0. The molecule has 0 bridgehead atoms. The lowest BCUT2D eigenvalue weighted by Crippen LogP contribution is -2.03. The molecule has 0 saturated carbocycles. The molecule has 58 valence electrons. The standard InChI is InChI=1S/C4H8NO4P/c1-3-4(6)8-10(2,7)9-5/h3H,1,5H2,2H3. The Bertz CT molecular complexity index is 190. The molecule has 0 spiro atoms. The van der Waals surface area contributed by atoms with Crippen LogP contribution in [0.5, 0.6) is 0 Å². The minimum atomic E-state index is -3.39. The molecule has 0 rings (SSSR count). The van der Waals surface area contributed by atoms with Crippen molar-refractivity contribution in [2.24, 2.45) is 5.90 Å². The SMILES string of the molecule is C=CC(=O)OP(C)(=O)ON. The first-order valence-electron chi connectivity index (χ1n) is 2.34. The highest BCUT2D eigenvalue weighted by Gasteiger charge is 2.18. The predicted octanol–water partition coefficient (Wildman–Crippen LogP) is 0.429. The number of carbonyl (C=O) groups is 1. The first-order chi connectivity index (χ1) is 4.52. The summed E-state index contributed by atoms with van der Waals surface area (Å²) in [6, 6.07) is 0. The summed E-state index contributed by atoms with van der Waals surface area (Å²) in [5, 5.41) is 0. The fourth-order valence-corrected chi connectivity index (χ4v) is 0.667. The van der Waals surface area contributed by atoms with Gasteiger partial charge in [0.05, 0.1) is 6.66 Å². The number of hydrogen-bond acceptors (Lipinski definition) is 5. The molecule has 0 aromatic carbocycles. The fraction of sp³-hybridized carbons (Fsp3) is 0.250. The molecule has 0 heterocycles. The molecule has 6 heteroatoms. The first kappa shape index (κ1) is 9.36. The molecule has 1 unspecified atom stereocenters. The second-order valence-corrected chi connectivity index (χ2v) is 3.43. The van der Waals surface area contributed by atoms with Crippen LogP contribution >= 0.6 is 7.60 Å². The summed E-state index contributed by atoms with van der Waals surface area (Å²) in [7, 11) is -3.39. The van der Waals surface area contributed by atoms with E-state index in [1.54, 1.807) is 0 Å². The van der Waals surface area contributed by atoms with Gasteiger partial charge in [0.2, 0.25) is 0 Å². The van der Waals surface area contributed by atoms with Crippen molar-refractivity contribution in [2.75, 3.05) is 6.66 Å². The van der Waals surface area contributed by atoms with Crippen LogP contribution in [0.2, 0.25) is 0 Å². The molecule has 1 atom stereocenters. The second-order valence-electron chi connectivity index (χ2n) is 1.49. The normalized spacial score (nSPS) is 15.4. The molecular weight excluding hydrogens is 157 g/mol. The zero-order valence-corrected chi connectivity index (χ0v) is 6.34. The third-order valence-electron chi connectivity index (χ3n) is 0.614. The Hall–Kier alpha value is -0.640. The number of carbonyl (C=O) groups excluding carboxylic acids is 1. The van der Waals surface area contributed by atoms with Crippen molar-refractivity contribution >= 4 is 13.6 Å². The molecular formula is C4H8NO4P. The smallest absolute Gasteiger partial charge is 0.388 e. The maximum Gasteiger partial charge on any atom is 0.394 e. The Labute approximate surface area is 58.3 Å². The monoisotopic (exact) mass is 165 g/mol. The van der Waals surface area contributed by atoms with E-state index in [9.17, 15) is 9.36 Å². The summed E-state index contributed by atoms with van der Waals surface area (Å²) in [4.78, 5) is 10.3. The van der Waals surface area contributed by atoms with Gasteiger partial charge in [0.15, 0.2) is 0 Å². The quantitative estimate of drug-likeness (QED) is 0.372. The van der Waals surface area contributed by atoms with E-state index in [2.05, 4.69) is 21.6 Å². The first-order valence-corrected chi connectivity index (χ1v) is 4.33. The Morgan fingerprint density at radius 2 is 2.30 bits per heavy atom. The topological polar surface area (TPSA) is 78.6 Å². The van der Waals surface area contributed by atoms with Crippen molar-refractivity contribution in [1.29, 1.82) is 0 Å². The molecule has 0 aromatic rings. The largest absolute Gasteiger partial charge is 0.394 e. The van der Waals surface area contributed by atoms with E-state index >= 15 is 0 Å². The molecule has 0 radical (unpaired) electrons. The van der Waals surface area contributed by atoms with E-state index in [1.165, 1.54) is 0 Å². The number of hydrogen-bond donors (Lipinski definition) is 1. The van der Waals surface area contributed by atoms with Crippen molar-refractivity contribution < 1.29 is 18.5 Å². The van der Waals surface area contributed by atoms with Crippen LogP contribution in [0.3, 0.4) is 0 Å². The molecule has 0 amide bonds. The van der Waals surface area contributed by atoms with Gasteiger partial charge in [0.1, 0.15) is 0 Å². The van der Waals surface area contributed by atoms with Gasteiger partial charge in [-0.05, 0) is 0 Å². The maximum absolute atomic E-state index is 10.7. The van der Waals surface area contributed by atoms with Crippen LogP contribution in [0.15, 0.2) is 12.7 Å². The molecule has 2 N–H and O–H groups in total. The van der Waals surface area contributed by atoms with Crippen molar-refractivity contribution in [3.63, 3.8) is 0 Å². The predicted molar refractivity (Wildman–Crippen MR) is 35.1 cm³/mol. The molecule has 0 aliphatic heterocycles. The third-order valence-corrected chi connectivity index (χ3v) is 1.51. The molecule has 0 aromatic heterocycles. The fourth-order valence-electron chi connectivity index (χ4n) is 0.222. The molecule has 0 aliphatic rings. The summed E-state index contributed by atoms with van der Waals surface area (Å²) in [6.45, 7) is 4.16. The van der Waals surface area contributed by atoms with Gasteiger partial charge in [-0.2, -0.15) is 0 Å². The van der Waals surface area contributed by atoms with Crippen LogP contribution in [0.4, 0.5) is 0 Å². The summed E-state index contributed by atoms with van der Waals surface area (Å²) < 4.78 is 18.8. The minimum Gasteiger partial charge on any atom is -0.388 e. The van der Waals surface area contributed by atoms with E-state index in [4.69, 9.17) is 0 Å². The molecule has 0 fully saturated rings. The average molecular weight is 165 g/mol. The summed E-state index contributed by atoms with van der Waals surface area (Å²) in [5.74, 6) is 3.71. The zero-order chi connectivity index (χ0) is 8.20. The van der Waals surface area contributed by atoms with E-state index in [0.717, 1.165) is 12.7 Å². The van der Waals surface area contributed by atoms with Crippen LogP contribution < -0.4 is 5.90 Å². The summed E-state index contributed by atoms with van der Waals surface area (Å²) in [5.41, 5.74) is 0. The highest BCUT2D eigenvalue weighted by atomic mass is 31.2. The average Bonchev–Trinajstić information content (AvgIpc) is 1.87. The van der Waals surface area contributed by atoms with Crippen LogP contribution in [0, 0.1) is 0 Å². The van der Waals surface area contributed by atoms with Crippen LogP contribution in [0.1, 0.15) is 0 Å². The van der Waals surface area contributed by atoms with Gasteiger partial charge in [-0.1, -0.05) is 6.58 Å². The Kier molecular flexibility index (Phi) is 3.28. The van der Waals surface area contributed by atoms with Crippen LogP contribution in [0.25, 0.3) is 0 Å². The third kappa shape index (κ3) is 3.40. The van der Waals surface area contributed by atoms with Gasteiger partial charge in [0.25, 0.3) is 0 Å². The molecule has 0 aliphatic carbocycles. The van der Waals surface area contributed by atoms with Crippen molar-refractivity contribution in [2.45, 2.75) is 0 Å². The second kappa shape index (κ2) is 3.51. The van der Waals surface area contributed by atoms with Crippen molar-refractivity contribution in [3.05, 3.63) is 12.7 Å². The summed E-state index contributed by atoms with van der Waals surface area (Å²) in [6.07, 6.45) is 0.870. The molecule has 10 heavy (non-hydrogen) atoms. The van der Waals surface area contributed by atoms with Crippen molar-refractivity contribution in [1.82, 2.24) is 0 Å². The van der Waals surface area contributed by atoms with Gasteiger partial charge in [-0.3, -0.25) is 0 Å². The van der Waals surface area contributed by atoms with E-state index in [0.29, 0.717) is 0 Å². The molecule has 5 nitrogen and oxygen atoms in total. The Morgan fingerprint density at radius 3 is 2.60 bits per heavy atom. The zero-order valence-electron chi connectivity index (χ0n) is 5.44. The van der Waals surface area contributed by atoms with E-state index in [1.807, 2.05) is 0 Å². The van der Waals surface area contributed by atoms with Gasteiger partial charge in [-0.15, -0.1) is 0 Å². The van der Waals surface area contributed by atoms with Crippen LogP contribution in [-0.2, 0) is 18.5 Å². The maximum atomic E-state index is 10.7. The molecule has 0 saturated heterocycles. The minimum absolute atomic E-state index is 0.823. The lowest BCUT2D eigenvalue weighted by Gasteiger charge is -2.07. The highest BCUT2D eigenvalue weighted by molar-refractivity contribution is 7.53. The number of rotatable bonds is 3. The van der Waals surface area contributed by atoms with Gasteiger partial charge >= 0.3 is 13.6 Å². The van der Waals surface area contributed by atoms with E-state index < -0.39 is 13.6 Å². The Balaban J connectivity index is 4.01. The van der Waals surface area contributed by atoms with E-state index in [-0.39, 0.29) is 0 Å². The van der Waals surface area contributed by atoms with Gasteiger partial charge in [-0.25, -0.2) is 19.9 Å². The van der Waals surface area contributed by atoms with Gasteiger partial charge in [0, 0.05) is 6.08 Å². The number of nitrogens with two attached hydrogens (primary N) is 1. The van der Waals surface area contributed by atoms with Gasteiger partial charge < -0.3 is 4.52 Å².